The van der Waals surface area contributed by atoms with Gasteiger partial charge in [-0.1, -0.05) is 18.0 Å². The summed E-state index contributed by atoms with van der Waals surface area (Å²) in [7, 11) is -2.19. The third kappa shape index (κ3) is 5.98. The van der Waals surface area contributed by atoms with Crippen LogP contribution in [0.1, 0.15) is 26.2 Å². The van der Waals surface area contributed by atoms with Gasteiger partial charge < -0.3 is 15.2 Å². The van der Waals surface area contributed by atoms with Crippen LogP contribution in [-0.2, 0) is 14.8 Å². The lowest BCUT2D eigenvalue weighted by Gasteiger charge is -2.21. The molecule has 3 N–H and O–H groups in total. The zero-order valence-electron chi connectivity index (χ0n) is 14.4. The molecule has 0 spiro atoms. The normalized spacial score (nSPS) is 21.6. The molecule has 1 fully saturated rings. The van der Waals surface area contributed by atoms with Gasteiger partial charge in [0, 0.05) is 18.2 Å². The maximum Gasteiger partial charge on any atom is 0.244 e. The van der Waals surface area contributed by atoms with E-state index < -0.39 is 10.0 Å². The van der Waals surface area contributed by atoms with Crippen molar-refractivity contribution in [2.75, 3.05) is 20.3 Å². The fraction of sp³-hybridized carbons (Fsp3) is 0.625. The second-order valence-corrected chi connectivity index (χ2v) is 8.25. The Bertz CT molecular complexity index is 658. The minimum atomic E-state index is -3.76. The highest BCUT2D eigenvalue weighted by molar-refractivity contribution is 7.89. The Morgan fingerprint density at radius 2 is 2.12 bits per heavy atom. The Hall–Kier alpha value is -0.570. The first-order valence-corrected chi connectivity index (χ1v) is 9.91. The molecule has 0 heterocycles. The van der Waals surface area contributed by atoms with Gasteiger partial charge in [0.25, 0.3) is 0 Å². The van der Waals surface area contributed by atoms with Crippen LogP contribution in [0.4, 0.5) is 0 Å². The third-order valence-corrected chi connectivity index (χ3v) is 5.94. The summed E-state index contributed by atoms with van der Waals surface area (Å²) < 4.78 is 39.2. The Morgan fingerprint density at radius 1 is 1.40 bits per heavy atom. The van der Waals surface area contributed by atoms with Crippen molar-refractivity contribution in [3.05, 3.63) is 23.2 Å². The van der Waals surface area contributed by atoms with E-state index in [0.29, 0.717) is 18.2 Å². The molecule has 1 aromatic rings. The van der Waals surface area contributed by atoms with Gasteiger partial charge in [0.1, 0.15) is 16.7 Å². The van der Waals surface area contributed by atoms with Gasteiger partial charge in [0.05, 0.1) is 6.61 Å². The van der Waals surface area contributed by atoms with Crippen molar-refractivity contribution in [2.45, 2.75) is 43.2 Å². The zero-order chi connectivity index (χ0) is 17.7. The van der Waals surface area contributed by atoms with Crippen LogP contribution < -0.4 is 15.2 Å². The van der Waals surface area contributed by atoms with E-state index in [-0.39, 0.29) is 41.1 Å². The molecule has 3 atom stereocenters. The minimum absolute atomic E-state index is 0. The Balaban J connectivity index is 0.00000312. The molecule has 2 rings (SSSR count). The van der Waals surface area contributed by atoms with Gasteiger partial charge in [0.2, 0.25) is 10.0 Å². The summed E-state index contributed by atoms with van der Waals surface area (Å²) in [4.78, 5) is 0.0422. The van der Waals surface area contributed by atoms with Gasteiger partial charge >= 0.3 is 0 Å². The van der Waals surface area contributed by atoms with E-state index in [9.17, 15) is 8.42 Å². The van der Waals surface area contributed by atoms with Crippen LogP contribution >= 0.6 is 24.0 Å². The Morgan fingerprint density at radius 3 is 2.76 bits per heavy atom. The molecule has 0 amide bonds. The summed E-state index contributed by atoms with van der Waals surface area (Å²) in [6.45, 7) is 2.63. The van der Waals surface area contributed by atoms with Crippen LogP contribution in [0.25, 0.3) is 0 Å². The third-order valence-electron chi connectivity index (χ3n) is 4.19. The highest BCUT2D eigenvalue weighted by Gasteiger charge is 2.32. The fourth-order valence-corrected chi connectivity index (χ4v) is 4.75. The van der Waals surface area contributed by atoms with Gasteiger partial charge in [0.15, 0.2) is 0 Å². The first-order valence-electron chi connectivity index (χ1n) is 8.05. The molecule has 6 nitrogen and oxygen atoms in total. The number of methoxy groups -OCH3 is 1. The van der Waals surface area contributed by atoms with Crippen LogP contribution in [0.5, 0.6) is 5.75 Å². The van der Waals surface area contributed by atoms with Crippen molar-refractivity contribution in [3.63, 3.8) is 0 Å². The molecule has 0 aliphatic heterocycles. The van der Waals surface area contributed by atoms with Gasteiger partial charge in [-0.25, -0.2) is 13.1 Å². The van der Waals surface area contributed by atoms with Crippen molar-refractivity contribution < 1.29 is 17.9 Å². The largest absolute Gasteiger partial charge is 0.487 e. The quantitative estimate of drug-likeness (QED) is 0.684. The number of sulfonamides is 1. The molecule has 1 aliphatic rings. The lowest BCUT2D eigenvalue weighted by Crippen LogP contribution is -2.40. The molecule has 9 heteroatoms. The highest BCUT2D eigenvalue weighted by atomic mass is 35.5. The summed E-state index contributed by atoms with van der Waals surface area (Å²) in [6.07, 6.45) is 2.41. The van der Waals surface area contributed by atoms with E-state index >= 15 is 0 Å². The topological polar surface area (TPSA) is 90.6 Å². The van der Waals surface area contributed by atoms with E-state index in [2.05, 4.69) is 4.72 Å². The molecule has 1 aromatic carbocycles. The Labute approximate surface area is 160 Å². The van der Waals surface area contributed by atoms with Crippen LogP contribution in [-0.4, -0.2) is 40.8 Å². The van der Waals surface area contributed by atoms with Crippen LogP contribution in [0.2, 0.25) is 5.02 Å². The fourth-order valence-electron chi connectivity index (χ4n) is 3.01. The molecule has 1 saturated carbocycles. The van der Waals surface area contributed by atoms with Crippen molar-refractivity contribution >= 4 is 34.0 Å². The lowest BCUT2D eigenvalue weighted by molar-refractivity contribution is 0.0901. The van der Waals surface area contributed by atoms with Gasteiger partial charge in [-0.3, -0.25) is 0 Å². The second kappa shape index (κ2) is 9.94. The van der Waals surface area contributed by atoms with Gasteiger partial charge in [-0.15, -0.1) is 12.4 Å². The molecule has 25 heavy (non-hydrogen) atoms. The average molecular weight is 413 g/mol. The molecule has 3 unspecified atom stereocenters. The number of benzene rings is 1. The smallest absolute Gasteiger partial charge is 0.244 e. The molecule has 0 bridgehead atoms. The summed E-state index contributed by atoms with van der Waals surface area (Å²) >= 11 is 6.00. The predicted octanol–water partition coefficient (Wildman–Crippen LogP) is 2.58. The van der Waals surface area contributed by atoms with Crippen molar-refractivity contribution in [1.29, 1.82) is 0 Å². The number of hydrogen-bond acceptors (Lipinski definition) is 5. The number of ether oxygens (including phenoxy) is 2. The number of hydrogen-bond donors (Lipinski definition) is 2. The number of rotatable bonds is 8. The molecule has 0 saturated heterocycles. The van der Waals surface area contributed by atoms with Crippen LogP contribution in [0.3, 0.4) is 0 Å². The molecular weight excluding hydrogens is 387 g/mol. The SMILES string of the molecule is COCC(C)Oc1ccc(Cl)cc1S(=O)(=O)NC1CCCC1CN.Cl. The predicted molar refractivity (Wildman–Crippen MR) is 101 cm³/mol. The van der Waals surface area contributed by atoms with Crippen LogP contribution in [0, 0.1) is 5.92 Å². The molecule has 144 valence electrons. The minimum Gasteiger partial charge on any atom is -0.487 e. The number of nitrogens with one attached hydrogen (secondary N) is 1. The van der Waals surface area contributed by atoms with Crippen LogP contribution in [0.15, 0.2) is 23.1 Å². The van der Waals surface area contributed by atoms with E-state index in [1.54, 1.807) is 19.2 Å². The van der Waals surface area contributed by atoms with Crippen molar-refractivity contribution in [1.82, 2.24) is 4.72 Å². The maximum atomic E-state index is 12.8. The van der Waals surface area contributed by atoms with E-state index in [1.807, 2.05) is 6.92 Å². The Kier molecular flexibility index (Phi) is 8.94. The lowest BCUT2D eigenvalue weighted by atomic mass is 10.1. The summed E-state index contributed by atoms with van der Waals surface area (Å²) in [5, 5.41) is 0.337. The highest BCUT2D eigenvalue weighted by Crippen LogP contribution is 2.31. The molecular formula is C16H26Cl2N2O4S. The van der Waals surface area contributed by atoms with E-state index in [1.165, 1.54) is 6.07 Å². The summed E-state index contributed by atoms with van der Waals surface area (Å²) in [5.41, 5.74) is 5.74. The first-order chi connectivity index (χ1) is 11.4. The van der Waals surface area contributed by atoms with Gasteiger partial charge in [-0.2, -0.15) is 0 Å². The average Bonchev–Trinajstić information content (AvgIpc) is 2.95. The summed E-state index contributed by atoms with van der Waals surface area (Å²) in [5.74, 6) is 0.425. The van der Waals surface area contributed by atoms with E-state index in [4.69, 9.17) is 26.8 Å². The van der Waals surface area contributed by atoms with Crippen molar-refractivity contribution in [2.24, 2.45) is 11.7 Å². The van der Waals surface area contributed by atoms with Gasteiger partial charge in [-0.05, 0) is 50.4 Å². The summed E-state index contributed by atoms with van der Waals surface area (Å²) in [6, 6.07) is 4.43. The monoisotopic (exact) mass is 412 g/mol. The standard InChI is InChI=1S/C16H25ClN2O4S.ClH/c1-11(10-22-2)23-15-7-6-13(17)8-16(15)24(20,21)19-14-5-3-4-12(14)9-18;/h6-8,11-12,14,19H,3-5,9-10,18H2,1-2H3;1H. The molecule has 1 aliphatic carbocycles. The first kappa shape index (κ1) is 22.5. The zero-order valence-corrected chi connectivity index (χ0v) is 16.8. The van der Waals surface area contributed by atoms with Crippen molar-refractivity contribution in [3.8, 4) is 5.75 Å². The number of halogens is 2. The molecule has 0 radical (unpaired) electrons. The van der Waals surface area contributed by atoms with E-state index in [0.717, 1.165) is 19.3 Å². The second-order valence-electron chi connectivity index (χ2n) is 6.13. The molecule has 0 aromatic heterocycles. The number of nitrogens with two attached hydrogens (primary N) is 1. The maximum absolute atomic E-state index is 12.8.